The van der Waals surface area contributed by atoms with Gasteiger partial charge in [-0.05, 0) is 39.1 Å². The van der Waals surface area contributed by atoms with Crippen molar-refractivity contribution in [2.24, 2.45) is 0 Å². The molecule has 0 fully saturated rings. The summed E-state index contributed by atoms with van der Waals surface area (Å²) in [5.41, 5.74) is 0.652. The number of rotatable bonds is 4. The van der Waals surface area contributed by atoms with Gasteiger partial charge in [-0.15, -0.1) is 0 Å². The molecule has 0 saturated carbocycles. The molecule has 0 radical (unpaired) electrons. The summed E-state index contributed by atoms with van der Waals surface area (Å²) in [7, 11) is 1.96. The number of likely N-dealkylation sites (N-methyl/N-ethyl adjacent to an activating group) is 1. The van der Waals surface area contributed by atoms with Crippen LogP contribution >= 0.6 is 0 Å². The Labute approximate surface area is 107 Å². The van der Waals surface area contributed by atoms with Crippen LogP contribution in [0.15, 0.2) is 18.2 Å². The molecule has 3 nitrogen and oxygen atoms in total. The Morgan fingerprint density at radius 2 is 2.22 bits per heavy atom. The zero-order valence-electron chi connectivity index (χ0n) is 11.1. The molecule has 0 amide bonds. The lowest BCUT2D eigenvalue weighted by atomic mass is 10.0. The van der Waals surface area contributed by atoms with Crippen molar-refractivity contribution in [3.05, 3.63) is 29.6 Å². The summed E-state index contributed by atoms with van der Waals surface area (Å²) < 4.78 is 18.9. The van der Waals surface area contributed by atoms with Gasteiger partial charge in [0, 0.05) is 24.1 Å². The van der Waals surface area contributed by atoms with Crippen LogP contribution in [-0.2, 0) is 6.42 Å². The predicted molar refractivity (Wildman–Crippen MR) is 68.3 cm³/mol. The first-order chi connectivity index (χ1) is 8.42. The molecule has 100 valence electrons. The number of nitrogens with zero attached hydrogens (tertiary/aromatic N) is 1. The Balaban J connectivity index is 2.00. The van der Waals surface area contributed by atoms with Crippen LogP contribution in [0.1, 0.15) is 19.4 Å². The number of fused-ring (bicyclic) bond motifs is 1. The maximum atomic E-state index is 13.1. The first-order valence-corrected chi connectivity index (χ1v) is 6.19. The first kappa shape index (κ1) is 13.3. The number of hydrogen-bond donors (Lipinski definition) is 1. The number of benzene rings is 1. The van der Waals surface area contributed by atoms with Crippen molar-refractivity contribution >= 4 is 0 Å². The molecule has 1 aromatic rings. The Hall–Kier alpha value is -1.13. The van der Waals surface area contributed by atoms with Crippen molar-refractivity contribution in [1.29, 1.82) is 0 Å². The average molecular weight is 253 g/mol. The molecule has 1 atom stereocenters. The molecule has 1 aromatic carbocycles. The van der Waals surface area contributed by atoms with Crippen LogP contribution < -0.4 is 4.74 Å². The lowest BCUT2D eigenvalue weighted by Gasteiger charge is -2.35. The summed E-state index contributed by atoms with van der Waals surface area (Å²) in [5.74, 6) is 0.554. The molecular formula is C14H20FNO2. The highest BCUT2D eigenvalue weighted by Gasteiger charge is 2.29. The van der Waals surface area contributed by atoms with E-state index in [4.69, 9.17) is 4.74 Å². The molecule has 1 aliphatic rings. The lowest BCUT2D eigenvalue weighted by molar-refractivity contribution is 0.0498. The van der Waals surface area contributed by atoms with Gasteiger partial charge in [0.1, 0.15) is 17.7 Å². The van der Waals surface area contributed by atoms with E-state index in [2.05, 4.69) is 4.90 Å². The third-order valence-corrected chi connectivity index (χ3v) is 3.66. The number of halogens is 1. The second kappa shape index (κ2) is 4.86. The first-order valence-electron chi connectivity index (χ1n) is 6.19. The predicted octanol–water partition coefficient (Wildman–Crippen LogP) is 1.83. The van der Waals surface area contributed by atoms with Crippen LogP contribution in [-0.4, -0.2) is 41.8 Å². The number of aliphatic hydroxyl groups excluding tert-OH is 1. The van der Waals surface area contributed by atoms with E-state index < -0.39 is 0 Å². The second-order valence-corrected chi connectivity index (χ2v) is 5.55. The normalized spacial score (nSPS) is 18.9. The summed E-state index contributed by atoms with van der Waals surface area (Å²) in [6, 6.07) is 4.64. The van der Waals surface area contributed by atoms with E-state index >= 15 is 0 Å². The van der Waals surface area contributed by atoms with Gasteiger partial charge in [-0.1, -0.05) is 0 Å². The van der Waals surface area contributed by atoms with Crippen molar-refractivity contribution < 1.29 is 14.2 Å². The molecule has 0 bridgehead atoms. The van der Waals surface area contributed by atoms with E-state index in [-0.39, 0.29) is 24.1 Å². The van der Waals surface area contributed by atoms with Crippen LogP contribution in [0.3, 0.4) is 0 Å². The second-order valence-electron chi connectivity index (χ2n) is 5.55. The van der Waals surface area contributed by atoms with Gasteiger partial charge in [0.15, 0.2) is 0 Å². The van der Waals surface area contributed by atoms with Crippen LogP contribution in [0, 0.1) is 5.82 Å². The van der Waals surface area contributed by atoms with Crippen molar-refractivity contribution in [2.75, 3.05) is 20.2 Å². The average Bonchev–Trinajstić information content (AvgIpc) is 2.70. The van der Waals surface area contributed by atoms with E-state index in [9.17, 15) is 9.50 Å². The van der Waals surface area contributed by atoms with Crippen LogP contribution in [0.4, 0.5) is 4.39 Å². The van der Waals surface area contributed by atoms with Gasteiger partial charge in [-0.3, -0.25) is 4.90 Å². The smallest absolute Gasteiger partial charge is 0.123 e. The Kier molecular flexibility index (Phi) is 3.59. The minimum atomic E-state index is -0.274. The molecule has 0 aromatic heterocycles. The van der Waals surface area contributed by atoms with Gasteiger partial charge in [0.2, 0.25) is 0 Å². The van der Waals surface area contributed by atoms with Crippen molar-refractivity contribution in [1.82, 2.24) is 4.90 Å². The molecule has 0 aliphatic carbocycles. The summed E-state index contributed by atoms with van der Waals surface area (Å²) in [6.45, 7) is 4.77. The summed E-state index contributed by atoms with van der Waals surface area (Å²) in [5, 5.41) is 9.32. The van der Waals surface area contributed by atoms with Crippen LogP contribution in [0.5, 0.6) is 5.75 Å². The van der Waals surface area contributed by atoms with Gasteiger partial charge in [-0.25, -0.2) is 4.39 Å². The molecule has 0 spiro atoms. The molecular weight excluding hydrogens is 233 g/mol. The Morgan fingerprint density at radius 3 is 2.89 bits per heavy atom. The van der Waals surface area contributed by atoms with Crippen LogP contribution in [0.25, 0.3) is 0 Å². The van der Waals surface area contributed by atoms with Crippen LogP contribution in [0.2, 0.25) is 0 Å². The van der Waals surface area contributed by atoms with Gasteiger partial charge in [0.05, 0.1) is 6.61 Å². The number of hydrogen-bond acceptors (Lipinski definition) is 3. The third kappa shape index (κ3) is 2.65. The highest BCUT2D eigenvalue weighted by Crippen LogP contribution is 2.30. The lowest BCUT2D eigenvalue weighted by Crippen LogP contribution is -2.48. The Morgan fingerprint density at radius 1 is 1.50 bits per heavy atom. The SMILES string of the molecule is CN(CC1Cc2cc(F)ccc2O1)C(C)(C)CO. The summed E-state index contributed by atoms with van der Waals surface area (Å²) in [4.78, 5) is 2.07. The molecule has 2 rings (SSSR count). The monoisotopic (exact) mass is 253 g/mol. The van der Waals surface area contributed by atoms with Gasteiger partial charge in [-0.2, -0.15) is 0 Å². The molecule has 1 N–H and O–H groups in total. The van der Waals surface area contributed by atoms with Gasteiger partial charge >= 0.3 is 0 Å². The number of aliphatic hydroxyl groups is 1. The summed E-state index contributed by atoms with van der Waals surface area (Å²) in [6.07, 6.45) is 0.747. The standard InChI is InChI=1S/C14H20FNO2/c1-14(2,9-17)16(3)8-12-7-10-6-11(15)4-5-13(10)18-12/h4-6,12,17H,7-9H2,1-3H3. The molecule has 4 heteroatoms. The van der Waals surface area contributed by atoms with Crippen molar-refractivity contribution in [3.63, 3.8) is 0 Å². The zero-order chi connectivity index (χ0) is 13.3. The van der Waals surface area contributed by atoms with E-state index in [0.717, 1.165) is 17.7 Å². The fourth-order valence-electron chi connectivity index (χ4n) is 2.06. The minimum Gasteiger partial charge on any atom is -0.488 e. The van der Waals surface area contributed by atoms with E-state index in [1.807, 2.05) is 20.9 Å². The third-order valence-electron chi connectivity index (χ3n) is 3.66. The largest absolute Gasteiger partial charge is 0.488 e. The van der Waals surface area contributed by atoms with Gasteiger partial charge in [0.25, 0.3) is 0 Å². The van der Waals surface area contributed by atoms with Crippen molar-refractivity contribution in [2.45, 2.75) is 31.9 Å². The minimum absolute atomic E-state index is 0.0256. The van der Waals surface area contributed by atoms with E-state index in [0.29, 0.717) is 6.54 Å². The van der Waals surface area contributed by atoms with Gasteiger partial charge < -0.3 is 9.84 Å². The molecule has 1 heterocycles. The Bertz CT molecular complexity index is 434. The highest BCUT2D eigenvalue weighted by molar-refractivity contribution is 5.37. The quantitative estimate of drug-likeness (QED) is 0.888. The summed E-state index contributed by atoms with van der Waals surface area (Å²) >= 11 is 0. The molecule has 18 heavy (non-hydrogen) atoms. The maximum Gasteiger partial charge on any atom is 0.123 e. The van der Waals surface area contributed by atoms with Crippen molar-refractivity contribution in [3.8, 4) is 5.75 Å². The highest BCUT2D eigenvalue weighted by atomic mass is 19.1. The zero-order valence-corrected chi connectivity index (χ0v) is 11.1. The maximum absolute atomic E-state index is 13.1. The number of ether oxygens (including phenoxy) is 1. The topological polar surface area (TPSA) is 32.7 Å². The molecule has 1 unspecified atom stereocenters. The molecule has 0 saturated heterocycles. The fraction of sp³-hybridized carbons (Fsp3) is 0.571. The van der Waals surface area contributed by atoms with E-state index in [1.54, 1.807) is 6.07 Å². The fourth-order valence-corrected chi connectivity index (χ4v) is 2.06. The van der Waals surface area contributed by atoms with E-state index in [1.165, 1.54) is 12.1 Å². The molecule has 1 aliphatic heterocycles.